The zero-order chi connectivity index (χ0) is 14.4. The monoisotopic (exact) mass is 276 g/mol. The van der Waals surface area contributed by atoms with Gasteiger partial charge < -0.3 is 0 Å². The van der Waals surface area contributed by atoms with E-state index in [2.05, 4.69) is 67.6 Å². The summed E-state index contributed by atoms with van der Waals surface area (Å²) in [6.45, 7) is 2.26. The summed E-state index contributed by atoms with van der Waals surface area (Å²) in [5.41, 5.74) is 2.78. The fraction of sp³-hybridized carbons (Fsp3) is 0.350. The van der Waals surface area contributed by atoms with E-state index in [0.29, 0.717) is 17.6 Å². The molecule has 0 aliphatic heterocycles. The van der Waals surface area contributed by atoms with E-state index in [-0.39, 0.29) is 11.3 Å². The summed E-state index contributed by atoms with van der Waals surface area (Å²) >= 11 is 0. The highest BCUT2D eigenvalue weighted by Crippen LogP contribution is 2.67. The van der Waals surface area contributed by atoms with E-state index in [9.17, 15) is 4.79 Å². The van der Waals surface area contributed by atoms with Crippen LogP contribution in [-0.4, -0.2) is 5.78 Å². The van der Waals surface area contributed by atoms with Crippen LogP contribution in [0.2, 0.25) is 0 Å². The molecule has 0 amide bonds. The molecule has 0 bridgehead atoms. The lowest BCUT2D eigenvalue weighted by Gasteiger charge is -2.57. The number of rotatable bonds is 2. The van der Waals surface area contributed by atoms with Crippen molar-refractivity contribution >= 4 is 5.78 Å². The van der Waals surface area contributed by atoms with Crippen LogP contribution in [0, 0.1) is 11.8 Å². The fourth-order valence-electron chi connectivity index (χ4n) is 5.10. The average Bonchev–Trinajstić information content (AvgIpc) is 2.82. The molecule has 1 nitrogen and oxygen atoms in total. The molecule has 2 aliphatic rings. The van der Waals surface area contributed by atoms with Crippen molar-refractivity contribution in [2.24, 2.45) is 11.8 Å². The molecule has 106 valence electrons. The quantitative estimate of drug-likeness (QED) is 0.797. The zero-order valence-corrected chi connectivity index (χ0v) is 12.3. The number of fused-ring (bicyclic) bond motifs is 1. The molecule has 1 heteroatoms. The molecule has 2 aromatic carbocycles. The van der Waals surface area contributed by atoms with E-state index < -0.39 is 0 Å². The summed E-state index contributed by atoms with van der Waals surface area (Å²) in [5, 5.41) is 0. The topological polar surface area (TPSA) is 17.1 Å². The molecule has 0 heterocycles. The molecule has 2 aromatic rings. The molecule has 0 unspecified atom stereocenters. The van der Waals surface area contributed by atoms with Gasteiger partial charge in [0.2, 0.25) is 0 Å². The number of carbonyl (C=O) groups excluding carboxylic acids is 1. The Morgan fingerprint density at radius 2 is 1.52 bits per heavy atom. The highest BCUT2D eigenvalue weighted by atomic mass is 16.1. The van der Waals surface area contributed by atoms with Crippen molar-refractivity contribution < 1.29 is 4.79 Å². The molecule has 2 fully saturated rings. The van der Waals surface area contributed by atoms with Crippen LogP contribution >= 0.6 is 0 Å². The number of ketones is 1. The van der Waals surface area contributed by atoms with Gasteiger partial charge in [-0.15, -0.1) is 0 Å². The highest BCUT2D eigenvalue weighted by molar-refractivity contribution is 5.88. The Hall–Kier alpha value is -1.89. The lowest BCUT2D eigenvalue weighted by atomic mass is 9.44. The molecule has 0 spiro atoms. The van der Waals surface area contributed by atoms with Crippen LogP contribution in [0.1, 0.15) is 36.8 Å². The highest BCUT2D eigenvalue weighted by Gasteiger charge is 2.66. The van der Waals surface area contributed by atoms with Gasteiger partial charge >= 0.3 is 0 Å². The first-order valence-corrected chi connectivity index (χ1v) is 7.88. The van der Waals surface area contributed by atoms with Crippen molar-refractivity contribution in [2.75, 3.05) is 0 Å². The summed E-state index contributed by atoms with van der Waals surface area (Å²) in [7, 11) is 0. The van der Waals surface area contributed by atoms with Crippen LogP contribution in [0.4, 0.5) is 0 Å². The summed E-state index contributed by atoms with van der Waals surface area (Å²) in [6.07, 6.45) is 1.75. The first-order valence-electron chi connectivity index (χ1n) is 7.88. The Morgan fingerprint density at radius 1 is 0.905 bits per heavy atom. The van der Waals surface area contributed by atoms with Crippen LogP contribution in [0.25, 0.3) is 0 Å². The largest absolute Gasteiger partial charge is 0.299 e. The summed E-state index contributed by atoms with van der Waals surface area (Å²) in [6, 6.07) is 21.5. The summed E-state index contributed by atoms with van der Waals surface area (Å²) in [5.74, 6) is 1.60. The van der Waals surface area contributed by atoms with Crippen molar-refractivity contribution in [3.63, 3.8) is 0 Å². The molecular weight excluding hydrogens is 256 g/mol. The Kier molecular flexibility index (Phi) is 2.78. The fourth-order valence-corrected chi connectivity index (χ4v) is 5.10. The van der Waals surface area contributed by atoms with Crippen LogP contribution in [-0.2, 0) is 10.2 Å². The molecule has 0 aromatic heterocycles. The van der Waals surface area contributed by atoms with Gasteiger partial charge in [0.05, 0.1) is 0 Å². The zero-order valence-electron chi connectivity index (χ0n) is 12.3. The molecular formula is C20H20O. The predicted molar refractivity (Wildman–Crippen MR) is 84.2 cm³/mol. The average molecular weight is 276 g/mol. The van der Waals surface area contributed by atoms with Crippen molar-refractivity contribution in [3.05, 3.63) is 71.8 Å². The minimum Gasteiger partial charge on any atom is -0.299 e. The summed E-state index contributed by atoms with van der Waals surface area (Å²) < 4.78 is 0. The van der Waals surface area contributed by atoms with Crippen LogP contribution in [0.15, 0.2) is 60.7 Å². The van der Waals surface area contributed by atoms with Gasteiger partial charge in [0.1, 0.15) is 5.78 Å². The van der Waals surface area contributed by atoms with Gasteiger partial charge in [-0.05, 0) is 29.4 Å². The minimum atomic E-state index is 0.0408. The van der Waals surface area contributed by atoms with Gasteiger partial charge in [0.25, 0.3) is 0 Å². The van der Waals surface area contributed by atoms with E-state index in [1.807, 2.05) is 0 Å². The van der Waals surface area contributed by atoms with Gasteiger partial charge in [0, 0.05) is 17.8 Å². The van der Waals surface area contributed by atoms with Crippen LogP contribution in [0.3, 0.4) is 0 Å². The number of benzene rings is 2. The lowest BCUT2D eigenvalue weighted by molar-refractivity contribution is -0.128. The van der Waals surface area contributed by atoms with E-state index in [4.69, 9.17) is 0 Å². The molecule has 4 atom stereocenters. The molecule has 0 radical (unpaired) electrons. The number of Topliss-reactive ketones (excluding diaryl/α,β-unsaturated/α-hetero) is 1. The number of carbonyl (C=O) groups is 1. The Balaban J connectivity index is 1.86. The third kappa shape index (κ3) is 1.61. The second-order valence-electron chi connectivity index (χ2n) is 6.60. The Labute approximate surface area is 126 Å². The minimum absolute atomic E-state index is 0.0408. The number of hydrogen-bond acceptors (Lipinski definition) is 1. The first kappa shape index (κ1) is 12.8. The molecule has 4 rings (SSSR count). The molecule has 0 N–H and O–H groups in total. The maximum Gasteiger partial charge on any atom is 0.137 e. The number of hydrogen-bond donors (Lipinski definition) is 0. The Morgan fingerprint density at radius 3 is 2.19 bits per heavy atom. The maximum absolute atomic E-state index is 12.4. The van der Waals surface area contributed by atoms with Gasteiger partial charge in [-0.1, -0.05) is 67.6 Å². The van der Waals surface area contributed by atoms with Gasteiger partial charge in [-0.25, -0.2) is 0 Å². The molecule has 2 aliphatic carbocycles. The molecule has 0 saturated heterocycles. The normalized spacial score (nSPS) is 34.3. The third-order valence-electron chi connectivity index (χ3n) is 5.76. The third-order valence-corrected chi connectivity index (χ3v) is 5.76. The van der Waals surface area contributed by atoms with E-state index >= 15 is 0 Å². The van der Waals surface area contributed by atoms with Crippen LogP contribution < -0.4 is 0 Å². The van der Waals surface area contributed by atoms with Crippen molar-refractivity contribution in [2.45, 2.75) is 31.1 Å². The predicted octanol–water partition coefficient (Wildman–Crippen LogP) is 4.34. The van der Waals surface area contributed by atoms with Gasteiger partial charge in [-0.3, -0.25) is 4.79 Å². The molecule has 2 saturated carbocycles. The van der Waals surface area contributed by atoms with Crippen molar-refractivity contribution in [1.29, 1.82) is 0 Å². The first-order chi connectivity index (χ1) is 10.2. The SMILES string of the molecule is C[C@H]1[C@H]2C(=O)CC[C@@]2(c2ccccc2)[C@@H]1c1ccccc1. The van der Waals surface area contributed by atoms with E-state index in [1.165, 1.54) is 11.1 Å². The maximum atomic E-state index is 12.4. The van der Waals surface area contributed by atoms with E-state index in [1.54, 1.807) is 0 Å². The molecule has 21 heavy (non-hydrogen) atoms. The smallest absolute Gasteiger partial charge is 0.137 e. The lowest BCUT2D eigenvalue weighted by Crippen LogP contribution is -2.56. The van der Waals surface area contributed by atoms with Crippen molar-refractivity contribution in [3.8, 4) is 0 Å². The van der Waals surface area contributed by atoms with Gasteiger partial charge in [-0.2, -0.15) is 0 Å². The second-order valence-corrected chi connectivity index (χ2v) is 6.60. The van der Waals surface area contributed by atoms with Crippen molar-refractivity contribution in [1.82, 2.24) is 0 Å². The second kappa shape index (κ2) is 4.56. The summed E-state index contributed by atoms with van der Waals surface area (Å²) in [4.78, 5) is 12.4. The van der Waals surface area contributed by atoms with Crippen LogP contribution in [0.5, 0.6) is 0 Å². The van der Waals surface area contributed by atoms with Gasteiger partial charge in [0.15, 0.2) is 0 Å². The Bertz CT molecular complexity index is 661. The standard InChI is InChI=1S/C20H20O/c1-14-18(15-8-4-2-5-9-15)20(13-12-17(21)19(14)20)16-10-6-3-7-11-16/h2-11,14,18-19H,12-13H2,1H3/t14-,18+,19+,20-/m1/s1. The van der Waals surface area contributed by atoms with E-state index in [0.717, 1.165) is 12.8 Å².